The van der Waals surface area contributed by atoms with E-state index in [9.17, 15) is 4.79 Å². The number of benzene rings is 1. The Morgan fingerprint density at radius 3 is 2.38 bits per heavy atom. The third kappa shape index (κ3) is 2.70. The van der Waals surface area contributed by atoms with Crippen molar-refractivity contribution in [2.45, 2.75) is 16.7 Å². The molecule has 2 nitrogen and oxygen atoms in total. The number of rotatable bonds is 3. The van der Waals surface area contributed by atoms with Gasteiger partial charge in [-0.15, -0.1) is 0 Å². The van der Waals surface area contributed by atoms with Crippen LogP contribution in [0.4, 0.5) is 0 Å². The van der Waals surface area contributed by atoms with Crippen molar-refractivity contribution in [3.05, 3.63) is 54.4 Å². The van der Waals surface area contributed by atoms with Gasteiger partial charge in [0.25, 0.3) is 0 Å². The standard InChI is InChI=1S/C13H11NOS/c1-10(15)13-8-7-12(9-14-13)16-11-5-3-2-4-6-11/h2-9H,1H3. The number of pyridine rings is 1. The second-order valence-electron chi connectivity index (χ2n) is 3.35. The molecular formula is C13H11NOS. The van der Waals surface area contributed by atoms with Crippen molar-refractivity contribution in [2.24, 2.45) is 0 Å². The summed E-state index contributed by atoms with van der Waals surface area (Å²) >= 11 is 1.63. The number of carbonyl (C=O) groups is 1. The smallest absolute Gasteiger partial charge is 0.178 e. The molecule has 0 aliphatic heterocycles. The van der Waals surface area contributed by atoms with Gasteiger partial charge in [0, 0.05) is 22.9 Å². The fraction of sp³-hybridized carbons (Fsp3) is 0.0769. The molecule has 0 spiro atoms. The Morgan fingerprint density at radius 2 is 1.81 bits per heavy atom. The van der Waals surface area contributed by atoms with Crippen molar-refractivity contribution in [3.8, 4) is 0 Å². The predicted molar refractivity (Wildman–Crippen MR) is 64.8 cm³/mol. The van der Waals surface area contributed by atoms with E-state index in [1.165, 1.54) is 11.8 Å². The van der Waals surface area contributed by atoms with Crippen molar-refractivity contribution in [2.75, 3.05) is 0 Å². The molecule has 80 valence electrons. The van der Waals surface area contributed by atoms with Gasteiger partial charge in [-0.05, 0) is 24.3 Å². The molecule has 0 N–H and O–H groups in total. The summed E-state index contributed by atoms with van der Waals surface area (Å²) in [5, 5.41) is 0. The van der Waals surface area contributed by atoms with Gasteiger partial charge in [-0.1, -0.05) is 30.0 Å². The summed E-state index contributed by atoms with van der Waals surface area (Å²) in [6, 6.07) is 13.8. The Bertz CT molecular complexity index is 479. The number of nitrogens with zero attached hydrogens (tertiary/aromatic N) is 1. The molecule has 0 aliphatic rings. The van der Waals surface area contributed by atoms with Crippen molar-refractivity contribution in [1.29, 1.82) is 0 Å². The molecule has 16 heavy (non-hydrogen) atoms. The maximum atomic E-state index is 11.0. The van der Waals surface area contributed by atoms with E-state index in [4.69, 9.17) is 0 Å². The van der Waals surface area contributed by atoms with Gasteiger partial charge in [0.15, 0.2) is 5.78 Å². The van der Waals surface area contributed by atoms with Gasteiger partial charge in [0.1, 0.15) is 5.69 Å². The van der Waals surface area contributed by atoms with E-state index in [-0.39, 0.29) is 5.78 Å². The molecule has 0 aliphatic carbocycles. The summed E-state index contributed by atoms with van der Waals surface area (Å²) in [4.78, 5) is 17.4. The lowest BCUT2D eigenvalue weighted by atomic mass is 10.3. The summed E-state index contributed by atoms with van der Waals surface area (Å²) in [5.41, 5.74) is 0.511. The number of aromatic nitrogens is 1. The third-order valence-electron chi connectivity index (χ3n) is 2.08. The minimum absolute atomic E-state index is 0.00346. The lowest BCUT2D eigenvalue weighted by Crippen LogP contribution is -1.95. The highest BCUT2D eigenvalue weighted by Gasteiger charge is 2.01. The highest BCUT2D eigenvalue weighted by molar-refractivity contribution is 7.99. The first-order valence-electron chi connectivity index (χ1n) is 4.95. The minimum atomic E-state index is -0.00346. The van der Waals surface area contributed by atoms with Crippen molar-refractivity contribution in [3.63, 3.8) is 0 Å². The monoisotopic (exact) mass is 229 g/mol. The van der Waals surface area contributed by atoms with E-state index in [1.807, 2.05) is 36.4 Å². The number of hydrogen-bond acceptors (Lipinski definition) is 3. The molecule has 0 saturated heterocycles. The van der Waals surface area contributed by atoms with Gasteiger partial charge < -0.3 is 0 Å². The average Bonchev–Trinajstić information content (AvgIpc) is 2.31. The molecule has 2 rings (SSSR count). The van der Waals surface area contributed by atoms with E-state index in [0.29, 0.717) is 5.69 Å². The lowest BCUT2D eigenvalue weighted by Gasteiger charge is -2.01. The van der Waals surface area contributed by atoms with Crippen molar-refractivity contribution in [1.82, 2.24) is 4.98 Å². The van der Waals surface area contributed by atoms with Crippen LogP contribution in [-0.4, -0.2) is 10.8 Å². The van der Waals surface area contributed by atoms with E-state index >= 15 is 0 Å². The molecule has 1 aromatic heterocycles. The molecule has 0 amide bonds. The summed E-state index contributed by atoms with van der Waals surface area (Å²) in [6.45, 7) is 1.52. The first-order valence-corrected chi connectivity index (χ1v) is 5.77. The molecule has 0 unspecified atom stereocenters. The van der Waals surface area contributed by atoms with Gasteiger partial charge >= 0.3 is 0 Å². The molecular weight excluding hydrogens is 218 g/mol. The predicted octanol–water partition coefficient (Wildman–Crippen LogP) is 3.44. The molecule has 0 fully saturated rings. The minimum Gasteiger partial charge on any atom is -0.293 e. The van der Waals surface area contributed by atoms with Crippen LogP contribution in [0.3, 0.4) is 0 Å². The molecule has 0 radical (unpaired) electrons. The van der Waals surface area contributed by atoms with Crippen LogP contribution >= 0.6 is 11.8 Å². The summed E-state index contributed by atoms with van der Waals surface area (Å²) in [7, 11) is 0. The summed E-state index contributed by atoms with van der Waals surface area (Å²) < 4.78 is 0. The summed E-state index contributed by atoms with van der Waals surface area (Å²) in [6.07, 6.45) is 1.73. The molecule has 1 aromatic carbocycles. The topological polar surface area (TPSA) is 30.0 Å². The molecule has 0 bridgehead atoms. The van der Waals surface area contributed by atoms with Gasteiger partial charge in [0.05, 0.1) is 0 Å². The summed E-state index contributed by atoms with van der Waals surface area (Å²) in [5.74, 6) is -0.00346. The van der Waals surface area contributed by atoms with Crippen LogP contribution < -0.4 is 0 Å². The first-order chi connectivity index (χ1) is 7.75. The highest BCUT2D eigenvalue weighted by Crippen LogP contribution is 2.26. The van der Waals surface area contributed by atoms with Crippen LogP contribution in [0.25, 0.3) is 0 Å². The van der Waals surface area contributed by atoms with Crippen LogP contribution in [0.2, 0.25) is 0 Å². The molecule has 0 saturated carbocycles. The zero-order valence-corrected chi connectivity index (χ0v) is 9.70. The number of carbonyl (C=O) groups excluding carboxylic acids is 1. The average molecular weight is 229 g/mol. The quantitative estimate of drug-likeness (QED) is 0.755. The van der Waals surface area contributed by atoms with Crippen molar-refractivity contribution >= 4 is 17.5 Å². The molecule has 2 aromatic rings. The highest BCUT2D eigenvalue weighted by atomic mass is 32.2. The zero-order chi connectivity index (χ0) is 11.4. The van der Waals surface area contributed by atoms with E-state index < -0.39 is 0 Å². The Morgan fingerprint density at radius 1 is 1.06 bits per heavy atom. The van der Waals surface area contributed by atoms with Gasteiger partial charge in [-0.2, -0.15) is 0 Å². The molecule has 3 heteroatoms. The maximum Gasteiger partial charge on any atom is 0.178 e. The van der Waals surface area contributed by atoms with Crippen LogP contribution in [0.1, 0.15) is 17.4 Å². The number of hydrogen-bond donors (Lipinski definition) is 0. The van der Waals surface area contributed by atoms with E-state index in [0.717, 1.165) is 4.90 Å². The fourth-order valence-corrected chi connectivity index (χ4v) is 2.08. The Balaban J connectivity index is 2.14. The van der Waals surface area contributed by atoms with Gasteiger partial charge in [0.2, 0.25) is 0 Å². The van der Waals surface area contributed by atoms with Crippen molar-refractivity contribution < 1.29 is 4.79 Å². The first kappa shape index (κ1) is 10.9. The Kier molecular flexibility index (Phi) is 3.37. The second-order valence-corrected chi connectivity index (χ2v) is 4.50. The largest absolute Gasteiger partial charge is 0.293 e. The van der Waals surface area contributed by atoms with Crippen LogP contribution in [0.15, 0.2) is 58.5 Å². The third-order valence-corrected chi connectivity index (χ3v) is 3.06. The fourth-order valence-electron chi connectivity index (χ4n) is 1.27. The SMILES string of the molecule is CC(=O)c1ccc(Sc2ccccc2)cn1. The van der Waals surface area contributed by atoms with Crippen LogP contribution in [0, 0.1) is 0 Å². The van der Waals surface area contributed by atoms with E-state index in [2.05, 4.69) is 4.98 Å². The van der Waals surface area contributed by atoms with Crippen LogP contribution in [-0.2, 0) is 0 Å². The Hall–Kier alpha value is -1.61. The second kappa shape index (κ2) is 4.94. The Labute approximate surface area is 98.7 Å². The number of ketones is 1. The molecule has 1 heterocycles. The van der Waals surface area contributed by atoms with E-state index in [1.54, 1.807) is 24.0 Å². The maximum absolute atomic E-state index is 11.0. The lowest BCUT2D eigenvalue weighted by molar-refractivity contribution is 0.101. The van der Waals surface area contributed by atoms with Gasteiger partial charge in [-0.3, -0.25) is 9.78 Å². The zero-order valence-electron chi connectivity index (χ0n) is 8.88. The van der Waals surface area contributed by atoms with Gasteiger partial charge in [-0.25, -0.2) is 0 Å². The van der Waals surface area contributed by atoms with Crippen LogP contribution in [0.5, 0.6) is 0 Å². The number of Topliss-reactive ketones (excluding diaryl/α,β-unsaturated/α-hetero) is 1. The normalized spacial score (nSPS) is 10.1. The molecule has 0 atom stereocenters.